The van der Waals surface area contributed by atoms with Crippen LogP contribution in [0.4, 0.5) is 23.7 Å². The first-order chi connectivity index (χ1) is 16.7. The molecule has 0 fully saturated rings. The van der Waals surface area contributed by atoms with Gasteiger partial charge in [-0.05, 0) is 24.3 Å². The van der Waals surface area contributed by atoms with Crippen LogP contribution in [0.5, 0.6) is 5.75 Å². The number of carboxylic acid groups (broad SMARTS) is 1. The third-order valence-corrected chi connectivity index (χ3v) is 5.16. The van der Waals surface area contributed by atoms with Gasteiger partial charge in [0.2, 0.25) is 0 Å². The van der Waals surface area contributed by atoms with E-state index in [-0.39, 0.29) is 17.0 Å². The third kappa shape index (κ3) is 4.72. The summed E-state index contributed by atoms with van der Waals surface area (Å²) in [5, 5.41) is 10.2. The van der Waals surface area contributed by atoms with Crippen LogP contribution in [0.25, 0.3) is 22.2 Å². The van der Waals surface area contributed by atoms with Gasteiger partial charge >= 0.3 is 12.3 Å². The van der Waals surface area contributed by atoms with Crippen molar-refractivity contribution in [3.05, 3.63) is 90.0 Å². The van der Waals surface area contributed by atoms with Crippen molar-refractivity contribution < 1.29 is 32.6 Å². The number of nitrogens with zero attached hydrogens (tertiary/aromatic N) is 2. The largest absolute Gasteiger partial charge is 0.494 e. The molecule has 0 bridgehead atoms. The van der Waals surface area contributed by atoms with Crippen LogP contribution in [0.1, 0.15) is 15.9 Å². The van der Waals surface area contributed by atoms with E-state index in [1.165, 1.54) is 13.2 Å². The lowest BCUT2D eigenvalue weighted by Gasteiger charge is -2.25. The number of anilines is 1. The Hall–Kier alpha value is -4.60. The lowest BCUT2D eigenvalue weighted by atomic mass is 10.0. The number of hydrazine groups is 1. The Kier molecular flexibility index (Phi) is 6.28. The molecular formula is C25H18F3N3O4. The second-order valence-electron chi connectivity index (χ2n) is 7.36. The van der Waals surface area contributed by atoms with E-state index in [1.54, 1.807) is 54.6 Å². The molecule has 10 heteroatoms. The van der Waals surface area contributed by atoms with Crippen LogP contribution in [0.3, 0.4) is 0 Å². The maximum absolute atomic E-state index is 13.8. The zero-order valence-electron chi connectivity index (χ0n) is 18.2. The maximum atomic E-state index is 13.8. The Morgan fingerprint density at radius 1 is 0.971 bits per heavy atom. The first-order valence-corrected chi connectivity index (χ1v) is 10.2. The molecule has 0 aliphatic rings. The molecule has 4 rings (SSSR count). The number of hydrogen-bond donors (Lipinski definition) is 2. The van der Waals surface area contributed by atoms with Gasteiger partial charge in [0.05, 0.1) is 29.4 Å². The highest BCUT2D eigenvalue weighted by atomic mass is 19.4. The van der Waals surface area contributed by atoms with Crippen LogP contribution in [0, 0.1) is 0 Å². The molecule has 7 nitrogen and oxygen atoms in total. The van der Waals surface area contributed by atoms with Crippen LogP contribution >= 0.6 is 0 Å². The Morgan fingerprint density at radius 3 is 2.31 bits per heavy atom. The number of aromatic nitrogens is 1. The molecular weight excluding hydrogens is 463 g/mol. The molecule has 0 aliphatic heterocycles. The van der Waals surface area contributed by atoms with E-state index in [9.17, 15) is 27.9 Å². The van der Waals surface area contributed by atoms with Crippen molar-refractivity contribution >= 4 is 28.6 Å². The summed E-state index contributed by atoms with van der Waals surface area (Å²) in [6.07, 6.45) is -6.34. The summed E-state index contributed by atoms with van der Waals surface area (Å²) in [4.78, 5) is 30.0. The van der Waals surface area contributed by atoms with E-state index in [2.05, 4.69) is 4.98 Å². The number of para-hydroxylation sites is 1. The number of carbonyl (C=O) groups excluding carboxylic acids is 1. The van der Waals surface area contributed by atoms with E-state index in [0.29, 0.717) is 33.2 Å². The second kappa shape index (κ2) is 9.34. The predicted molar refractivity (Wildman–Crippen MR) is 123 cm³/mol. The number of ether oxygens (including phenoxy) is 1. The number of fused-ring (bicyclic) bond motifs is 1. The lowest BCUT2D eigenvalue weighted by Crippen LogP contribution is -2.46. The second-order valence-corrected chi connectivity index (χ2v) is 7.36. The number of methoxy groups -OCH3 is 1. The molecule has 0 saturated heterocycles. The number of benzene rings is 3. The molecule has 1 heterocycles. The van der Waals surface area contributed by atoms with Crippen LogP contribution in [-0.4, -0.2) is 29.2 Å². The van der Waals surface area contributed by atoms with Gasteiger partial charge in [0.1, 0.15) is 5.69 Å². The number of rotatable bonds is 4. The minimum Gasteiger partial charge on any atom is -0.494 e. The average Bonchev–Trinajstić information content (AvgIpc) is 2.85. The molecule has 2 N–H and O–H groups in total. The van der Waals surface area contributed by atoms with Gasteiger partial charge in [-0.15, -0.1) is 0 Å². The van der Waals surface area contributed by atoms with Crippen molar-refractivity contribution in [2.75, 3.05) is 12.1 Å². The molecule has 0 saturated carbocycles. The summed E-state index contributed by atoms with van der Waals surface area (Å²) < 4.78 is 45.5. The SMILES string of the molecule is COc1c(-c2ccccc2)nc2ccccc2c1C(=O)N(NC(=O)O)c1cccc(C(F)(F)F)c1. The molecule has 1 aromatic heterocycles. The molecule has 0 radical (unpaired) electrons. The summed E-state index contributed by atoms with van der Waals surface area (Å²) in [7, 11) is 1.33. The highest BCUT2D eigenvalue weighted by Gasteiger charge is 2.33. The normalized spacial score (nSPS) is 11.2. The molecule has 4 aromatic rings. The minimum atomic E-state index is -4.70. The topological polar surface area (TPSA) is 91.8 Å². The Bertz CT molecular complexity index is 1410. The number of halogens is 3. The highest BCUT2D eigenvalue weighted by molar-refractivity contribution is 6.17. The van der Waals surface area contributed by atoms with E-state index < -0.39 is 23.7 Å². The molecule has 0 spiro atoms. The van der Waals surface area contributed by atoms with Gasteiger partial charge in [-0.3, -0.25) is 4.79 Å². The number of hydrogen-bond acceptors (Lipinski definition) is 4. The van der Waals surface area contributed by atoms with Crippen molar-refractivity contribution in [1.29, 1.82) is 0 Å². The fourth-order valence-electron chi connectivity index (χ4n) is 3.66. The summed E-state index contributed by atoms with van der Waals surface area (Å²) >= 11 is 0. The van der Waals surface area contributed by atoms with Crippen molar-refractivity contribution in [2.45, 2.75) is 6.18 Å². The minimum absolute atomic E-state index is 0.0454. The van der Waals surface area contributed by atoms with Gasteiger partial charge in [-0.2, -0.15) is 13.2 Å². The van der Waals surface area contributed by atoms with E-state index in [1.807, 2.05) is 5.43 Å². The quantitative estimate of drug-likeness (QED) is 0.362. The zero-order valence-corrected chi connectivity index (χ0v) is 18.2. The zero-order chi connectivity index (χ0) is 25.2. The van der Waals surface area contributed by atoms with Gasteiger partial charge < -0.3 is 9.84 Å². The summed E-state index contributed by atoms with van der Waals surface area (Å²) in [6, 6.07) is 19.3. The summed E-state index contributed by atoms with van der Waals surface area (Å²) in [5.41, 5.74) is 1.82. The summed E-state index contributed by atoms with van der Waals surface area (Å²) in [6.45, 7) is 0. The molecule has 0 unspecified atom stereocenters. The Labute approximate surface area is 197 Å². The first-order valence-electron chi connectivity index (χ1n) is 10.2. The fraction of sp³-hybridized carbons (Fsp3) is 0.0800. The van der Waals surface area contributed by atoms with Crippen molar-refractivity contribution in [1.82, 2.24) is 10.4 Å². The fourth-order valence-corrected chi connectivity index (χ4v) is 3.66. The van der Waals surface area contributed by atoms with Gasteiger partial charge in [0.25, 0.3) is 5.91 Å². The van der Waals surface area contributed by atoms with Gasteiger partial charge in [-0.25, -0.2) is 20.2 Å². The van der Waals surface area contributed by atoms with Gasteiger partial charge in [0.15, 0.2) is 5.75 Å². The smallest absolute Gasteiger partial charge is 0.424 e. The summed E-state index contributed by atoms with van der Waals surface area (Å²) in [5.74, 6) is -0.900. The maximum Gasteiger partial charge on any atom is 0.424 e. The molecule has 3 aromatic carbocycles. The van der Waals surface area contributed by atoms with E-state index >= 15 is 0 Å². The van der Waals surface area contributed by atoms with Crippen LogP contribution in [0.15, 0.2) is 78.9 Å². The number of pyridine rings is 1. The number of amides is 2. The van der Waals surface area contributed by atoms with Crippen LogP contribution < -0.4 is 15.2 Å². The number of carbonyl (C=O) groups is 2. The van der Waals surface area contributed by atoms with Gasteiger partial charge in [-0.1, -0.05) is 54.6 Å². The molecule has 2 amide bonds. The van der Waals surface area contributed by atoms with E-state index in [0.717, 1.165) is 12.1 Å². The van der Waals surface area contributed by atoms with Crippen molar-refractivity contribution in [3.63, 3.8) is 0 Å². The lowest BCUT2D eigenvalue weighted by molar-refractivity contribution is -0.137. The van der Waals surface area contributed by atoms with Crippen molar-refractivity contribution in [2.24, 2.45) is 0 Å². The Morgan fingerprint density at radius 2 is 1.66 bits per heavy atom. The van der Waals surface area contributed by atoms with Crippen LogP contribution in [-0.2, 0) is 6.18 Å². The molecule has 0 aliphatic carbocycles. The van der Waals surface area contributed by atoms with E-state index in [4.69, 9.17) is 4.74 Å². The molecule has 178 valence electrons. The standard InChI is InChI=1S/C25H18F3N3O4/c1-35-22-20(18-12-5-6-13-19(18)29-21(22)15-8-3-2-4-9-15)23(32)31(30-24(33)34)17-11-7-10-16(14-17)25(26,27)28/h2-14,30H,1H3,(H,33,34). The predicted octanol–water partition coefficient (Wildman–Crippen LogP) is 5.76. The van der Waals surface area contributed by atoms with Gasteiger partial charge in [0, 0.05) is 10.9 Å². The third-order valence-electron chi connectivity index (χ3n) is 5.16. The molecule has 0 atom stereocenters. The monoisotopic (exact) mass is 481 g/mol. The van der Waals surface area contributed by atoms with Crippen LogP contribution in [0.2, 0.25) is 0 Å². The Balaban J connectivity index is 1.97. The van der Waals surface area contributed by atoms with Crippen molar-refractivity contribution in [3.8, 4) is 17.0 Å². The first kappa shape index (κ1) is 23.6. The highest BCUT2D eigenvalue weighted by Crippen LogP contribution is 2.38. The average molecular weight is 481 g/mol. The molecule has 35 heavy (non-hydrogen) atoms. The number of nitrogens with one attached hydrogen (secondary N) is 1. The number of alkyl halides is 3.